The molecule has 0 saturated carbocycles. The Balaban J connectivity index is 3.49. The van der Waals surface area contributed by atoms with E-state index >= 15 is 0 Å². The van der Waals surface area contributed by atoms with E-state index in [1.165, 1.54) is 0 Å². The molecule has 0 aromatic carbocycles. The number of rotatable bonds is 4. The lowest BCUT2D eigenvalue weighted by atomic mass is 10.0. The molecule has 56 valence electrons. The first-order valence-corrected chi connectivity index (χ1v) is 3.34. The monoisotopic (exact) mass is 150 g/mol. The highest BCUT2D eigenvalue weighted by atomic mass is 16.6. The summed E-state index contributed by atoms with van der Waals surface area (Å²) in [7, 11) is 10.1. The van der Waals surface area contributed by atoms with Gasteiger partial charge in [-0.25, -0.2) is 0 Å². The van der Waals surface area contributed by atoms with Crippen molar-refractivity contribution in [1.82, 2.24) is 0 Å². The Morgan fingerprint density at radius 3 is 1.64 bits per heavy atom. The molecule has 4 radical (unpaired) electrons. The third-order valence-corrected chi connectivity index (χ3v) is 0.925. The van der Waals surface area contributed by atoms with Crippen molar-refractivity contribution in [1.29, 1.82) is 0 Å². The Morgan fingerprint density at radius 2 is 1.36 bits per heavy atom. The summed E-state index contributed by atoms with van der Waals surface area (Å²) in [6.07, 6.45) is 0.510. The summed E-state index contributed by atoms with van der Waals surface area (Å²) in [5.41, 5.74) is 0. The number of hydrogen-bond donors (Lipinski definition) is 0. The SMILES string of the molecule is [B]CCC(=O)OC(=O)CC[B]. The van der Waals surface area contributed by atoms with Crippen molar-refractivity contribution in [2.45, 2.75) is 25.5 Å². The molecule has 0 aliphatic heterocycles. The number of ether oxygens (including phenoxy) is 1. The standard InChI is InChI=1S/C6H8B2O3/c7-3-1-5(9)11-6(10)2-4-8/h1-4H2. The molecule has 0 amide bonds. The Labute approximate surface area is 68.3 Å². The number of hydrogen-bond acceptors (Lipinski definition) is 3. The van der Waals surface area contributed by atoms with E-state index in [1.807, 2.05) is 0 Å². The zero-order chi connectivity index (χ0) is 8.69. The molecule has 3 nitrogen and oxygen atoms in total. The van der Waals surface area contributed by atoms with Crippen molar-refractivity contribution in [3.63, 3.8) is 0 Å². The first kappa shape index (κ1) is 10.3. The summed E-state index contributed by atoms with van der Waals surface area (Å²) >= 11 is 0. The summed E-state index contributed by atoms with van der Waals surface area (Å²) in [6, 6.07) is 0. The zero-order valence-electron chi connectivity index (χ0n) is 6.21. The Hall–Kier alpha value is -0.730. The summed E-state index contributed by atoms with van der Waals surface area (Å²) in [5, 5.41) is 0. The maximum Gasteiger partial charge on any atom is 0.312 e. The van der Waals surface area contributed by atoms with Crippen LogP contribution in [0.5, 0.6) is 0 Å². The van der Waals surface area contributed by atoms with Crippen LogP contribution < -0.4 is 0 Å². The van der Waals surface area contributed by atoms with Gasteiger partial charge in [0.05, 0.1) is 15.7 Å². The van der Waals surface area contributed by atoms with Crippen LogP contribution in [-0.2, 0) is 14.3 Å². The van der Waals surface area contributed by atoms with Gasteiger partial charge in [0.1, 0.15) is 0 Å². The molecule has 0 heterocycles. The molecule has 0 bridgehead atoms. The Morgan fingerprint density at radius 1 is 1.00 bits per heavy atom. The maximum absolute atomic E-state index is 10.6. The number of carbonyl (C=O) groups is 2. The first-order chi connectivity index (χ1) is 5.20. The fraction of sp³-hybridized carbons (Fsp3) is 0.667. The average Bonchev–Trinajstić information content (AvgIpc) is 1.87. The second-order valence-corrected chi connectivity index (χ2v) is 1.92. The van der Waals surface area contributed by atoms with Crippen LogP contribution in [0.1, 0.15) is 12.8 Å². The number of carbonyl (C=O) groups excluding carboxylic acids is 2. The fourth-order valence-electron chi connectivity index (χ4n) is 0.465. The van der Waals surface area contributed by atoms with Crippen LogP contribution >= 0.6 is 0 Å². The average molecular weight is 150 g/mol. The minimum atomic E-state index is -0.592. The van der Waals surface area contributed by atoms with E-state index in [-0.39, 0.29) is 25.5 Å². The molecule has 0 atom stereocenters. The lowest BCUT2D eigenvalue weighted by Gasteiger charge is -1.99. The quantitative estimate of drug-likeness (QED) is 0.322. The van der Waals surface area contributed by atoms with Gasteiger partial charge in [-0.3, -0.25) is 9.59 Å². The fourth-order valence-corrected chi connectivity index (χ4v) is 0.465. The van der Waals surface area contributed by atoms with Crippen molar-refractivity contribution in [3.8, 4) is 0 Å². The van der Waals surface area contributed by atoms with E-state index in [0.29, 0.717) is 0 Å². The molecule has 5 heteroatoms. The summed E-state index contributed by atoms with van der Waals surface area (Å²) < 4.78 is 4.29. The molecular formula is C6H8B2O3. The van der Waals surface area contributed by atoms with Crippen LogP contribution in [0.15, 0.2) is 0 Å². The molecule has 0 aliphatic carbocycles. The van der Waals surface area contributed by atoms with E-state index in [2.05, 4.69) is 4.74 Å². The largest absolute Gasteiger partial charge is 0.393 e. The van der Waals surface area contributed by atoms with E-state index in [1.54, 1.807) is 0 Å². The molecule has 0 aliphatic rings. The van der Waals surface area contributed by atoms with Crippen molar-refractivity contribution < 1.29 is 14.3 Å². The van der Waals surface area contributed by atoms with E-state index in [0.717, 1.165) is 0 Å². The third-order valence-electron chi connectivity index (χ3n) is 0.925. The predicted octanol–water partition coefficient (Wildman–Crippen LogP) is 0.0100. The van der Waals surface area contributed by atoms with Gasteiger partial charge in [-0.1, -0.05) is 12.6 Å². The van der Waals surface area contributed by atoms with E-state index in [4.69, 9.17) is 15.7 Å². The van der Waals surface area contributed by atoms with Gasteiger partial charge in [0.25, 0.3) is 0 Å². The van der Waals surface area contributed by atoms with Crippen molar-refractivity contribution in [3.05, 3.63) is 0 Å². The molecule has 0 aromatic rings. The normalized spacial score (nSPS) is 9.09. The van der Waals surface area contributed by atoms with E-state index < -0.39 is 11.9 Å². The molecule has 11 heavy (non-hydrogen) atoms. The van der Waals surface area contributed by atoms with Crippen LogP contribution in [0, 0.1) is 0 Å². The Kier molecular flexibility index (Phi) is 5.61. The van der Waals surface area contributed by atoms with Crippen LogP contribution in [0.4, 0.5) is 0 Å². The zero-order valence-corrected chi connectivity index (χ0v) is 6.21. The van der Waals surface area contributed by atoms with Crippen LogP contribution in [0.2, 0.25) is 12.6 Å². The first-order valence-electron chi connectivity index (χ1n) is 3.34. The lowest BCUT2D eigenvalue weighted by molar-refractivity contribution is -0.159. The van der Waals surface area contributed by atoms with Gasteiger partial charge in [-0.15, -0.1) is 0 Å². The van der Waals surface area contributed by atoms with Crippen LogP contribution in [0.25, 0.3) is 0 Å². The van der Waals surface area contributed by atoms with Gasteiger partial charge in [-0.05, 0) is 0 Å². The predicted molar refractivity (Wildman–Crippen MR) is 41.5 cm³/mol. The minimum absolute atomic E-state index is 0.0658. The number of esters is 2. The van der Waals surface area contributed by atoms with Gasteiger partial charge in [0, 0.05) is 12.8 Å². The molecular weight excluding hydrogens is 142 g/mol. The molecule has 0 N–H and O–H groups in total. The molecule has 0 unspecified atom stereocenters. The van der Waals surface area contributed by atoms with Crippen molar-refractivity contribution in [2.24, 2.45) is 0 Å². The second-order valence-electron chi connectivity index (χ2n) is 1.92. The van der Waals surface area contributed by atoms with Crippen molar-refractivity contribution >= 4 is 27.6 Å². The third kappa shape index (κ3) is 5.70. The summed E-state index contributed by atoms with van der Waals surface area (Å²) in [5.74, 6) is -1.18. The van der Waals surface area contributed by atoms with Gasteiger partial charge < -0.3 is 4.74 Å². The topological polar surface area (TPSA) is 43.4 Å². The lowest BCUT2D eigenvalue weighted by Crippen LogP contribution is -2.11. The van der Waals surface area contributed by atoms with Gasteiger partial charge in [-0.2, -0.15) is 0 Å². The highest BCUT2D eigenvalue weighted by Crippen LogP contribution is 1.94. The van der Waals surface area contributed by atoms with Gasteiger partial charge >= 0.3 is 11.9 Å². The maximum atomic E-state index is 10.6. The molecule has 0 fully saturated rings. The smallest absolute Gasteiger partial charge is 0.312 e. The second kappa shape index (κ2) is 6.01. The molecule has 0 rings (SSSR count). The van der Waals surface area contributed by atoms with Crippen LogP contribution in [-0.4, -0.2) is 27.6 Å². The van der Waals surface area contributed by atoms with E-state index in [9.17, 15) is 9.59 Å². The van der Waals surface area contributed by atoms with Crippen molar-refractivity contribution in [2.75, 3.05) is 0 Å². The summed E-state index contributed by atoms with van der Waals surface area (Å²) in [4.78, 5) is 21.1. The van der Waals surface area contributed by atoms with Gasteiger partial charge in [0.2, 0.25) is 0 Å². The minimum Gasteiger partial charge on any atom is -0.393 e. The molecule has 0 aromatic heterocycles. The highest BCUT2D eigenvalue weighted by molar-refractivity contribution is 6.10. The highest BCUT2D eigenvalue weighted by Gasteiger charge is 2.06. The molecule has 0 saturated heterocycles. The van der Waals surface area contributed by atoms with Gasteiger partial charge in [0.15, 0.2) is 0 Å². The summed E-state index contributed by atoms with van der Waals surface area (Å²) in [6.45, 7) is 0. The molecule has 0 spiro atoms. The van der Waals surface area contributed by atoms with Crippen LogP contribution in [0.3, 0.4) is 0 Å². The Bertz CT molecular complexity index is 131.